The summed E-state index contributed by atoms with van der Waals surface area (Å²) in [7, 11) is 2.21. The zero-order valence-corrected chi connectivity index (χ0v) is 15.4. The predicted octanol–water partition coefficient (Wildman–Crippen LogP) is 5.00. The molecule has 3 aromatic rings. The number of fused-ring (bicyclic) bond motifs is 2. The second-order valence-electron chi connectivity index (χ2n) is 7.87. The molecule has 2 aliphatic rings. The number of furan rings is 1. The Morgan fingerprint density at radius 1 is 0.962 bits per heavy atom. The Bertz CT molecular complexity index is 890. The molecule has 1 unspecified atom stereocenters. The summed E-state index contributed by atoms with van der Waals surface area (Å²) in [6.07, 6.45) is 4.01. The van der Waals surface area contributed by atoms with Crippen molar-refractivity contribution in [2.75, 3.05) is 31.6 Å². The lowest BCUT2D eigenvalue weighted by atomic mass is 9.87. The van der Waals surface area contributed by atoms with E-state index in [0.29, 0.717) is 5.92 Å². The Balaban J connectivity index is 1.53. The Labute approximate surface area is 155 Å². The molecule has 0 N–H and O–H groups in total. The quantitative estimate of drug-likeness (QED) is 0.651. The fraction of sp³-hybridized carbons (Fsp3) is 0.391. The van der Waals surface area contributed by atoms with Gasteiger partial charge in [0.25, 0.3) is 0 Å². The molecule has 2 aliphatic heterocycles. The molecule has 0 radical (unpaired) electrons. The van der Waals surface area contributed by atoms with E-state index in [2.05, 4.69) is 59.3 Å². The molecular formula is C23H26N2O. The van der Waals surface area contributed by atoms with Crippen molar-refractivity contribution in [1.82, 2.24) is 4.90 Å². The fourth-order valence-electron chi connectivity index (χ4n) is 4.60. The van der Waals surface area contributed by atoms with Gasteiger partial charge in [-0.3, -0.25) is 0 Å². The van der Waals surface area contributed by atoms with Crippen LogP contribution in [0.2, 0.25) is 0 Å². The van der Waals surface area contributed by atoms with Crippen molar-refractivity contribution >= 4 is 16.7 Å². The zero-order chi connectivity index (χ0) is 17.5. The molecule has 3 heterocycles. The third kappa shape index (κ3) is 2.80. The Kier molecular flexibility index (Phi) is 3.97. The Hall–Kier alpha value is -2.26. The van der Waals surface area contributed by atoms with Crippen molar-refractivity contribution in [3.05, 3.63) is 65.4 Å². The van der Waals surface area contributed by atoms with Crippen LogP contribution in [-0.4, -0.2) is 31.6 Å². The van der Waals surface area contributed by atoms with Gasteiger partial charge in [-0.25, -0.2) is 0 Å². The summed E-state index contributed by atoms with van der Waals surface area (Å²) >= 11 is 0. The van der Waals surface area contributed by atoms with Gasteiger partial charge in [0, 0.05) is 37.3 Å². The highest BCUT2D eigenvalue weighted by Gasteiger charge is 2.28. The lowest BCUT2D eigenvalue weighted by Gasteiger charge is -2.34. The normalized spacial score (nSPS) is 21.1. The van der Waals surface area contributed by atoms with Gasteiger partial charge in [-0.05, 0) is 61.7 Å². The third-order valence-electron chi connectivity index (χ3n) is 5.95. The molecule has 26 heavy (non-hydrogen) atoms. The number of rotatable bonds is 2. The van der Waals surface area contributed by atoms with E-state index in [-0.39, 0.29) is 0 Å². The first-order chi connectivity index (χ1) is 12.8. The van der Waals surface area contributed by atoms with Gasteiger partial charge in [-0.1, -0.05) is 24.3 Å². The third-order valence-corrected chi connectivity index (χ3v) is 5.95. The highest BCUT2D eigenvalue weighted by molar-refractivity contribution is 5.78. The molecule has 0 bridgehead atoms. The van der Waals surface area contributed by atoms with Crippen LogP contribution in [0.5, 0.6) is 0 Å². The van der Waals surface area contributed by atoms with Gasteiger partial charge < -0.3 is 14.2 Å². The summed E-state index contributed by atoms with van der Waals surface area (Å²) < 4.78 is 6.22. The number of nitrogens with zero attached hydrogens (tertiary/aromatic N) is 2. The van der Waals surface area contributed by atoms with E-state index in [1.807, 2.05) is 6.07 Å². The number of hydrogen-bond acceptors (Lipinski definition) is 3. The van der Waals surface area contributed by atoms with Crippen LogP contribution >= 0.6 is 0 Å². The molecule has 0 amide bonds. The van der Waals surface area contributed by atoms with E-state index in [1.165, 1.54) is 54.6 Å². The van der Waals surface area contributed by atoms with Crippen LogP contribution in [0.3, 0.4) is 0 Å². The van der Waals surface area contributed by atoms with E-state index in [4.69, 9.17) is 4.42 Å². The molecular weight excluding hydrogens is 320 g/mol. The van der Waals surface area contributed by atoms with E-state index in [9.17, 15) is 0 Å². The van der Waals surface area contributed by atoms with Crippen molar-refractivity contribution in [3.63, 3.8) is 0 Å². The van der Waals surface area contributed by atoms with E-state index in [1.54, 1.807) is 0 Å². The van der Waals surface area contributed by atoms with Crippen LogP contribution in [0.4, 0.5) is 5.69 Å². The molecule has 1 atom stereocenters. The lowest BCUT2D eigenvalue weighted by Crippen LogP contribution is -2.32. The number of hydrogen-bond donors (Lipinski definition) is 0. The van der Waals surface area contributed by atoms with Crippen LogP contribution < -0.4 is 4.90 Å². The van der Waals surface area contributed by atoms with Crippen LogP contribution in [0.1, 0.15) is 42.1 Å². The summed E-state index contributed by atoms with van der Waals surface area (Å²) in [5.41, 5.74) is 5.26. The molecule has 134 valence electrons. The van der Waals surface area contributed by atoms with Gasteiger partial charge in [-0.2, -0.15) is 0 Å². The van der Waals surface area contributed by atoms with E-state index < -0.39 is 0 Å². The molecule has 1 fully saturated rings. The van der Waals surface area contributed by atoms with E-state index >= 15 is 0 Å². The lowest BCUT2D eigenvalue weighted by molar-refractivity contribution is 0.282. The number of piperidine rings is 1. The smallest absolute Gasteiger partial charge is 0.134 e. The number of anilines is 1. The SMILES string of the molecule is CN1Cc2cc(N3CCCCC3)ccc2C(c2cc3ccccc3o2)C1. The minimum absolute atomic E-state index is 0.312. The topological polar surface area (TPSA) is 19.6 Å². The molecule has 1 aromatic heterocycles. The monoisotopic (exact) mass is 346 g/mol. The maximum Gasteiger partial charge on any atom is 0.134 e. The minimum atomic E-state index is 0.312. The molecule has 1 saturated heterocycles. The van der Waals surface area contributed by atoms with Crippen molar-refractivity contribution in [2.45, 2.75) is 31.7 Å². The van der Waals surface area contributed by atoms with Gasteiger partial charge in [-0.15, -0.1) is 0 Å². The maximum atomic E-state index is 6.22. The largest absolute Gasteiger partial charge is 0.460 e. The summed E-state index contributed by atoms with van der Waals surface area (Å²) in [5.74, 6) is 1.40. The minimum Gasteiger partial charge on any atom is -0.460 e. The first kappa shape index (κ1) is 16.0. The summed E-state index contributed by atoms with van der Waals surface area (Å²) in [6, 6.07) is 17.6. The maximum absolute atomic E-state index is 6.22. The molecule has 0 spiro atoms. The predicted molar refractivity (Wildman–Crippen MR) is 107 cm³/mol. The van der Waals surface area contributed by atoms with Crippen LogP contribution in [0.15, 0.2) is 52.9 Å². The van der Waals surface area contributed by atoms with Gasteiger partial charge >= 0.3 is 0 Å². The second kappa shape index (κ2) is 6.48. The van der Waals surface area contributed by atoms with Crippen molar-refractivity contribution in [2.24, 2.45) is 0 Å². The van der Waals surface area contributed by atoms with Crippen molar-refractivity contribution in [1.29, 1.82) is 0 Å². The molecule has 2 aromatic carbocycles. The first-order valence-corrected chi connectivity index (χ1v) is 9.83. The van der Waals surface area contributed by atoms with E-state index in [0.717, 1.165) is 24.4 Å². The van der Waals surface area contributed by atoms with Crippen LogP contribution in [-0.2, 0) is 6.54 Å². The summed E-state index contributed by atoms with van der Waals surface area (Å²) in [6.45, 7) is 4.42. The highest BCUT2D eigenvalue weighted by Crippen LogP contribution is 2.37. The van der Waals surface area contributed by atoms with Gasteiger partial charge in [0.2, 0.25) is 0 Å². The molecule has 3 heteroatoms. The standard InChI is InChI=1S/C23H26N2O/c1-24-15-18-13-19(25-11-5-2-6-12-25)9-10-20(18)21(16-24)23-14-17-7-3-4-8-22(17)26-23/h3-4,7-10,13-14,21H,2,5-6,11-12,15-16H2,1H3. The molecule has 0 aliphatic carbocycles. The molecule has 0 saturated carbocycles. The van der Waals surface area contributed by atoms with Crippen LogP contribution in [0.25, 0.3) is 11.0 Å². The Morgan fingerprint density at radius 2 is 1.81 bits per heavy atom. The summed E-state index contributed by atoms with van der Waals surface area (Å²) in [4.78, 5) is 4.97. The number of para-hydroxylation sites is 1. The second-order valence-corrected chi connectivity index (χ2v) is 7.87. The zero-order valence-electron chi connectivity index (χ0n) is 15.4. The molecule has 5 rings (SSSR count). The van der Waals surface area contributed by atoms with Gasteiger partial charge in [0.05, 0.1) is 5.92 Å². The Morgan fingerprint density at radius 3 is 2.65 bits per heavy atom. The first-order valence-electron chi connectivity index (χ1n) is 9.83. The average Bonchev–Trinajstić information content (AvgIpc) is 3.11. The van der Waals surface area contributed by atoms with Crippen LogP contribution in [0, 0.1) is 0 Å². The fourth-order valence-corrected chi connectivity index (χ4v) is 4.60. The summed E-state index contributed by atoms with van der Waals surface area (Å²) in [5, 5.41) is 1.20. The highest BCUT2D eigenvalue weighted by atomic mass is 16.3. The number of benzene rings is 2. The van der Waals surface area contributed by atoms with Crippen molar-refractivity contribution < 1.29 is 4.42 Å². The van der Waals surface area contributed by atoms with Gasteiger partial charge in [0.15, 0.2) is 0 Å². The number of likely N-dealkylation sites (N-methyl/N-ethyl adjacent to an activating group) is 1. The molecule has 3 nitrogen and oxygen atoms in total. The van der Waals surface area contributed by atoms with Crippen molar-refractivity contribution in [3.8, 4) is 0 Å². The van der Waals surface area contributed by atoms with Gasteiger partial charge in [0.1, 0.15) is 11.3 Å². The average molecular weight is 346 g/mol.